The molecule has 0 aliphatic carbocycles. The number of hydrogen-bond donors (Lipinski definition) is 2. The van der Waals surface area contributed by atoms with Crippen LogP contribution in [0, 0.1) is 0 Å². The van der Waals surface area contributed by atoms with E-state index >= 15 is 0 Å². The Bertz CT molecular complexity index is 641. The monoisotopic (exact) mass is 336 g/mol. The zero-order chi connectivity index (χ0) is 18.1. The Morgan fingerprint density at radius 2 is 1.88 bits per heavy atom. The number of carbonyl (C=O) groups is 3. The first-order chi connectivity index (χ1) is 11.4. The lowest BCUT2D eigenvalue weighted by Gasteiger charge is -2.11. The van der Waals surface area contributed by atoms with Crippen LogP contribution in [0.4, 0.5) is 4.79 Å². The molecule has 8 heteroatoms. The van der Waals surface area contributed by atoms with Crippen LogP contribution in [0.15, 0.2) is 24.3 Å². The van der Waals surface area contributed by atoms with Crippen molar-refractivity contribution in [2.75, 3.05) is 21.3 Å². The fraction of sp³-hybridized carbons (Fsp3) is 0.312. The number of benzene rings is 1. The van der Waals surface area contributed by atoms with Crippen molar-refractivity contribution in [1.29, 1.82) is 0 Å². The largest absolute Gasteiger partial charge is 0.497 e. The van der Waals surface area contributed by atoms with Crippen molar-refractivity contribution in [3.05, 3.63) is 29.8 Å². The number of imide groups is 1. The highest BCUT2D eigenvalue weighted by Crippen LogP contribution is 2.25. The first-order valence-electron chi connectivity index (χ1n) is 7.04. The Balaban J connectivity index is 2.69. The number of carbonyl (C=O) groups excluding carboxylic acids is 3. The second-order valence-corrected chi connectivity index (χ2v) is 4.59. The lowest BCUT2D eigenvalue weighted by atomic mass is 10.1. The molecule has 0 aliphatic rings. The molecule has 24 heavy (non-hydrogen) atoms. The molecular formula is C16H20N2O6. The third kappa shape index (κ3) is 5.64. The van der Waals surface area contributed by atoms with Gasteiger partial charge in [0.15, 0.2) is 6.10 Å². The minimum absolute atomic E-state index is 0.517. The summed E-state index contributed by atoms with van der Waals surface area (Å²) in [6, 6.07) is 4.42. The number of ether oxygens (including phenoxy) is 3. The molecule has 0 aliphatic heterocycles. The minimum atomic E-state index is -1.11. The summed E-state index contributed by atoms with van der Waals surface area (Å²) >= 11 is 0. The number of esters is 1. The molecule has 1 rings (SSSR count). The number of rotatable bonds is 6. The van der Waals surface area contributed by atoms with Gasteiger partial charge in [0, 0.05) is 24.8 Å². The molecule has 1 aromatic rings. The number of urea groups is 1. The highest BCUT2D eigenvalue weighted by atomic mass is 16.5. The maximum atomic E-state index is 11.8. The summed E-state index contributed by atoms with van der Waals surface area (Å²) in [4.78, 5) is 34.4. The van der Waals surface area contributed by atoms with E-state index in [1.807, 2.05) is 5.32 Å². The third-order valence-corrected chi connectivity index (χ3v) is 2.97. The van der Waals surface area contributed by atoms with Gasteiger partial charge >= 0.3 is 12.0 Å². The van der Waals surface area contributed by atoms with E-state index in [1.54, 1.807) is 18.2 Å². The number of methoxy groups -OCH3 is 2. The smallest absolute Gasteiger partial charge is 0.331 e. The lowest BCUT2D eigenvalue weighted by molar-refractivity contribution is -0.149. The molecule has 130 valence electrons. The standard InChI is InChI=1S/C16H20N2O6/c1-10(15(20)18-16(21)17-2)24-14(19)8-6-11-5-7-12(22-3)9-13(11)23-4/h5-10H,1-4H3,(H2,17,18,20,21)/b8-6+/t10-/m0/s1. The van der Waals surface area contributed by atoms with Crippen LogP contribution < -0.4 is 20.1 Å². The van der Waals surface area contributed by atoms with Gasteiger partial charge in [-0.25, -0.2) is 9.59 Å². The normalized spacial score (nSPS) is 11.5. The molecule has 0 radical (unpaired) electrons. The quantitative estimate of drug-likeness (QED) is 0.596. The van der Waals surface area contributed by atoms with Gasteiger partial charge in [0.2, 0.25) is 0 Å². The van der Waals surface area contributed by atoms with Gasteiger partial charge in [-0.05, 0) is 25.1 Å². The topological polar surface area (TPSA) is 103 Å². The molecular weight excluding hydrogens is 316 g/mol. The minimum Gasteiger partial charge on any atom is -0.497 e. The maximum absolute atomic E-state index is 11.8. The predicted molar refractivity (Wildman–Crippen MR) is 86.7 cm³/mol. The molecule has 0 unspecified atom stereocenters. The van der Waals surface area contributed by atoms with Crippen molar-refractivity contribution in [2.45, 2.75) is 13.0 Å². The lowest BCUT2D eigenvalue weighted by Crippen LogP contribution is -2.43. The molecule has 0 aromatic heterocycles. The Kier molecular flexibility index (Phi) is 7.28. The summed E-state index contributed by atoms with van der Waals surface area (Å²) in [5, 5.41) is 4.24. The second kappa shape index (κ2) is 9.19. The van der Waals surface area contributed by atoms with E-state index in [1.165, 1.54) is 34.3 Å². The number of hydrogen-bond acceptors (Lipinski definition) is 6. The maximum Gasteiger partial charge on any atom is 0.331 e. The van der Waals surface area contributed by atoms with E-state index in [0.717, 1.165) is 6.08 Å². The van der Waals surface area contributed by atoms with Gasteiger partial charge in [-0.1, -0.05) is 0 Å². The second-order valence-electron chi connectivity index (χ2n) is 4.59. The zero-order valence-electron chi connectivity index (χ0n) is 13.9. The summed E-state index contributed by atoms with van der Waals surface area (Å²) in [5.41, 5.74) is 0.637. The molecule has 0 fully saturated rings. The SMILES string of the molecule is CNC(=O)NC(=O)[C@H](C)OC(=O)/C=C/c1ccc(OC)cc1OC. The van der Waals surface area contributed by atoms with Crippen molar-refractivity contribution in [3.8, 4) is 11.5 Å². The first-order valence-corrected chi connectivity index (χ1v) is 7.04. The molecule has 0 heterocycles. The van der Waals surface area contributed by atoms with Crippen LogP contribution in [0.5, 0.6) is 11.5 Å². The molecule has 0 saturated carbocycles. The van der Waals surface area contributed by atoms with Gasteiger partial charge < -0.3 is 19.5 Å². The van der Waals surface area contributed by atoms with Crippen LogP contribution in [0.3, 0.4) is 0 Å². The summed E-state index contributed by atoms with van der Waals surface area (Å²) < 4.78 is 15.2. The molecule has 1 atom stereocenters. The van der Waals surface area contributed by atoms with Crippen molar-refractivity contribution < 1.29 is 28.6 Å². The van der Waals surface area contributed by atoms with Gasteiger partial charge in [0.05, 0.1) is 14.2 Å². The Morgan fingerprint density at radius 3 is 2.46 bits per heavy atom. The average Bonchev–Trinajstić information content (AvgIpc) is 2.59. The molecule has 1 aromatic carbocycles. The van der Waals surface area contributed by atoms with Gasteiger partial charge in [-0.2, -0.15) is 0 Å². The van der Waals surface area contributed by atoms with Crippen LogP contribution in [0.1, 0.15) is 12.5 Å². The van der Waals surface area contributed by atoms with E-state index in [9.17, 15) is 14.4 Å². The van der Waals surface area contributed by atoms with Crippen LogP contribution in [0.2, 0.25) is 0 Å². The molecule has 0 bridgehead atoms. The van der Waals surface area contributed by atoms with E-state index in [-0.39, 0.29) is 0 Å². The van der Waals surface area contributed by atoms with Crippen molar-refractivity contribution in [3.63, 3.8) is 0 Å². The fourth-order valence-corrected chi connectivity index (χ4v) is 1.66. The third-order valence-electron chi connectivity index (χ3n) is 2.97. The highest BCUT2D eigenvalue weighted by Gasteiger charge is 2.18. The Hall–Kier alpha value is -3.03. The van der Waals surface area contributed by atoms with E-state index in [2.05, 4.69) is 5.32 Å². The van der Waals surface area contributed by atoms with Gasteiger partial charge in [0.1, 0.15) is 11.5 Å². The van der Waals surface area contributed by atoms with Gasteiger partial charge in [-0.15, -0.1) is 0 Å². The molecule has 0 spiro atoms. The predicted octanol–water partition coefficient (Wildman–Crippen LogP) is 1.10. The van der Waals surface area contributed by atoms with Crippen LogP contribution in [-0.2, 0) is 14.3 Å². The summed E-state index contributed by atoms with van der Waals surface area (Å²) in [6.45, 7) is 1.36. The fourth-order valence-electron chi connectivity index (χ4n) is 1.66. The van der Waals surface area contributed by atoms with Gasteiger partial charge in [0.25, 0.3) is 5.91 Å². The number of amides is 3. The van der Waals surface area contributed by atoms with Gasteiger partial charge in [-0.3, -0.25) is 10.1 Å². The first kappa shape index (κ1) is 19.0. The summed E-state index contributed by atoms with van der Waals surface area (Å²) in [5.74, 6) is -0.319. The van der Waals surface area contributed by atoms with Crippen LogP contribution in [0.25, 0.3) is 6.08 Å². The summed E-state index contributed by atoms with van der Waals surface area (Å²) in [7, 11) is 4.40. The van der Waals surface area contributed by atoms with Crippen molar-refractivity contribution in [2.24, 2.45) is 0 Å². The van der Waals surface area contributed by atoms with E-state index < -0.39 is 24.0 Å². The van der Waals surface area contributed by atoms with E-state index in [0.29, 0.717) is 17.1 Å². The van der Waals surface area contributed by atoms with Crippen molar-refractivity contribution >= 4 is 24.0 Å². The van der Waals surface area contributed by atoms with E-state index in [4.69, 9.17) is 14.2 Å². The van der Waals surface area contributed by atoms with Crippen LogP contribution in [-0.4, -0.2) is 45.3 Å². The number of nitrogens with one attached hydrogen (secondary N) is 2. The van der Waals surface area contributed by atoms with Crippen LogP contribution >= 0.6 is 0 Å². The average molecular weight is 336 g/mol. The highest BCUT2D eigenvalue weighted by molar-refractivity contribution is 5.98. The molecule has 2 N–H and O–H groups in total. The molecule has 0 saturated heterocycles. The zero-order valence-corrected chi connectivity index (χ0v) is 13.9. The molecule has 8 nitrogen and oxygen atoms in total. The van der Waals surface area contributed by atoms with Crippen molar-refractivity contribution in [1.82, 2.24) is 10.6 Å². The molecule has 3 amide bonds. The Labute approximate surface area is 139 Å². The summed E-state index contributed by atoms with van der Waals surface area (Å²) in [6.07, 6.45) is 1.54. The Morgan fingerprint density at radius 1 is 1.17 bits per heavy atom.